The summed E-state index contributed by atoms with van der Waals surface area (Å²) >= 11 is 0. The number of hydrogen-bond acceptors (Lipinski definition) is 3. The number of carbonyl (C=O) groups is 2. The molecule has 0 radical (unpaired) electrons. The summed E-state index contributed by atoms with van der Waals surface area (Å²) in [6.07, 6.45) is 2.06. The van der Waals surface area contributed by atoms with Crippen molar-refractivity contribution >= 4 is 17.6 Å². The van der Waals surface area contributed by atoms with Crippen molar-refractivity contribution in [2.45, 2.75) is 25.8 Å². The number of anilines is 1. The van der Waals surface area contributed by atoms with Crippen LogP contribution in [0.1, 0.15) is 19.8 Å². The highest BCUT2D eigenvalue weighted by atomic mass is 16.4. The number of rotatable bonds is 5. The highest BCUT2D eigenvalue weighted by molar-refractivity contribution is 5.87. The van der Waals surface area contributed by atoms with Gasteiger partial charge >= 0.3 is 5.97 Å². The summed E-state index contributed by atoms with van der Waals surface area (Å²) in [6.45, 7) is 3.15. The lowest BCUT2D eigenvalue weighted by Gasteiger charge is -2.31. The zero-order valence-electron chi connectivity index (χ0n) is 11.7. The summed E-state index contributed by atoms with van der Waals surface area (Å²) in [7, 11) is 0. The van der Waals surface area contributed by atoms with Gasteiger partial charge in [-0.1, -0.05) is 18.2 Å². The van der Waals surface area contributed by atoms with Gasteiger partial charge in [0.1, 0.15) is 12.6 Å². The lowest BCUT2D eigenvalue weighted by Crippen LogP contribution is -2.48. The molecule has 1 aromatic carbocycles. The lowest BCUT2D eigenvalue weighted by molar-refractivity contribution is -0.135. The van der Waals surface area contributed by atoms with Crippen LogP contribution in [-0.2, 0) is 9.59 Å². The number of carbonyl (C=O) groups excluding carboxylic acids is 1. The Morgan fingerprint density at radius 1 is 1.25 bits per heavy atom. The van der Waals surface area contributed by atoms with Crippen LogP contribution in [0.15, 0.2) is 30.3 Å². The number of carboxylic acids is 1. The molecule has 1 aliphatic heterocycles. The SMILES string of the molecule is CC(C(=O)N1CCCC1)N(CC(=O)O)c1ccccc1. The molecule has 1 saturated heterocycles. The standard InChI is InChI=1S/C15H20N2O3/c1-12(15(20)16-9-5-6-10-16)17(11-14(18)19)13-7-3-2-4-8-13/h2-4,7-8,12H,5-6,9-11H2,1H3,(H,18,19). The number of amides is 1. The van der Waals surface area contributed by atoms with E-state index in [9.17, 15) is 9.59 Å². The van der Waals surface area contributed by atoms with Crippen LogP contribution in [0.3, 0.4) is 0 Å². The minimum Gasteiger partial charge on any atom is -0.480 e. The Bertz CT molecular complexity index is 469. The highest BCUT2D eigenvalue weighted by Gasteiger charge is 2.28. The molecular weight excluding hydrogens is 256 g/mol. The van der Waals surface area contributed by atoms with Gasteiger partial charge in [0.15, 0.2) is 0 Å². The number of carboxylic acid groups (broad SMARTS) is 1. The van der Waals surface area contributed by atoms with Gasteiger partial charge in [-0.2, -0.15) is 0 Å². The van der Waals surface area contributed by atoms with E-state index in [4.69, 9.17) is 5.11 Å². The van der Waals surface area contributed by atoms with Crippen LogP contribution >= 0.6 is 0 Å². The van der Waals surface area contributed by atoms with Crippen LogP contribution in [0, 0.1) is 0 Å². The third-order valence-corrected chi connectivity index (χ3v) is 3.64. The van der Waals surface area contributed by atoms with Crippen molar-refractivity contribution in [2.24, 2.45) is 0 Å². The van der Waals surface area contributed by atoms with E-state index in [0.29, 0.717) is 0 Å². The minimum atomic E-state index is -0.935. The average Bonchev–Trinajstić information content (AvgIpc) is 2.98. The van der Waals surface area contributed by atoms with Crippen molar-refractivity contribution in [1.82, 2.24) is 4.90 Å². The van der Waals surface area contributed by atoms with Gasteiger partial charge in [-0.15, -0.1) is 0 Å². The maximum absolute atomic E-state index is 12.4. The smallest absolute Gasteiger partial charge is 0.323 e. The molecule has 0 aromatic heterocycles. The van der Waals surface area contributed by atoms with Gasteiger partial charge in [-0.25, -0.2) is 0 Å². The molecule has 1 aliphatic rings. The van der Waals surface area contributed by atoms with Crippen molar-refractivity contribution < 1.29 is 14.7 Å². The monoisotopic (exact) mass is 276 g/mol. The normalized spacial score (nSPS) is 15.9. The van der Waals surface area contributed by atoms with Crippen LogP contribution in [0.4, 0.5) is 5.69 Å². The van der Waals surface area contributed by atoms with E-state index in [2.05, 4.69) is 0 Å². The largest absolute Gasteiger partial charge is 0.480 e. The summed E-state index contributed by atoms with van der Waals surface area (Å²) < 4.78 is 0. The molecule has 1 amide bonds. The lowest BCUT2D eigenvalue weighted by atomic mass is 10.2. The number of benzene rings is 1. The summed E-state index contributed by atoms with van der Waals surface area (Å²) in [5.74, 6) is -0.928. The molecule has 1 heterocycles. The second kappa shape index (κ2) is 6.41. The summed E-state index contributed by atoms with van der Waals surface area (Å²) in [4.78, 5) is 27.0. The molecule has 5 heteroatoms. The van der Waals surface area contributed by atoms with E-state index in [1.165, 1.54) is 0 Å². The average molecular weight is 276 g/mol. The first-order chi connectivity index (χ1) is 9.59. The second-order valence-corrected chi connectivity index (χ2v) is 5.07. The van der Waals surface area contributed by atoms with Crippen molar-refractivity contribution in [3.63, 3.8) is 0 Å². The third kappa shape index (κ3) is 3.29. The van der Waals surface area contributed by atoms with Gasteiger partial charge in [-0.05, 0) is 31.9 Å². The van der Waals surface area contributed by atoms with Crippen LogP contribution in [0.2, 0.25) is 0 Å². The summed E-state index contributed by atoms with van der Waals surface area (Å²) in [5.41, 5.74) is 0.759. The fourth-order valence-electron chi connectivity index (χ4n) is 2.55. The quantitative estimate of drug-likeness (QED) is 0.887. The zero-order valence-corrected chi connectivity index (χ0v) is 11.7. The van der Waals surface area contributed by atoms with Crippen molar-refractivity contribution in [3.8, 4) is 0 Å². The predicted molar refractivity (Wildman–Crippen MR) is 76.7 cm³/mol. The summed E-state index contributed by atoms with van der Waals surface area (Å²) in [6, 6.07) is 8.75. The second-order valence-electron chi connectivity index (χ2n) is 5.07. The number of nitrogens with zero attached hydrogens (tertiary/aromatic N) is 2. The van der Waals surface area contributed by atoms with Gasteiger partial charge in [0.25, 0.3) is 0 Å². The van der Waals surface area contributed by atoms with Crippen LogP contribution in [0.5, 0.6) is 0 Å². The number of aliphatic carboxylic acids is 1. The molecule has 0 spiro atoms. The van der Waals surface area contributed by atoms with E-state index in [-0.39, 0.29) is 12.5 Å². The zero-order chi connectivity index (χ0) is 14.5. The molecule has 1 N–H and O–H groups in total. The van der Waals surface area contributed by atoms with Gasteiger partial charge in [0.05, 0.1) is 0 Å². The Balaban J connectivity index is 2.17. The van der Waals surface area contributed by atoms with E-state index < -0.39 is 12.0 Å². The molecule has 20 heavy (non-hydrogen) atoms. The molecular formula is C15H20N2O3. The van der Waals surface area contributed by atoms with Crippen molar-refractivity contribution in [2.75, 3.05) is 24.5 Å². The molecule has 2 rings (SSSR count). The predicted octanol–water partition coefficient (Wildman–Crippen LogP) is 1.59. The van der Waals surface area contributed by atoms with Gasteiger partial charge in [0.2, 0.25) is 5.91 Å². The Labute approximate surface area is 118 Å². The Hall–Kier alpha value is -2.04. The molecule has 0 aliphatic carbocycles. The van der Waals surface area contributed by atoms with E-state index in [1.54, 1.807) is 11.8 Å². The topological polar surface area (TPSA) is 60.9 Å². The van der Waals surface area contributed by atoms with Gasteiger partial charge in [-0.3, -0.25) is 9.59 Å². The molecule has 5 nitrogen and oxygen atoms in total. The van der Waals surface area contributed by atoms with Crippen LogP contribution < -0.4 is 4.90 Å². The van der Waals surface area contributed by atoms with E-state index in [0.717, 1.165) is 31.6 Å². The first-order valence-corrected chi connectivity index (χ1v) is 6.92. The Morgan fingerprint density at radius 3 is 2.40 bits per heavy atom. The van der Waals surface area contributed by atoms with Crippen molar-refractivity contribution in [3.05, 3.63) is 30.3 Å². The molecule has 1 aromatic rings. The maximum Gasteiger partial charge on any atom is 0.323 e. The molecule has 0 saturated carbocycles. The molecule has 1 fully saturated rings. The van der Waals surface area contributed by atoms with Crippen LogP contribution in [0.25, 0.3) is 0 Å². The number of hydrogen-bond donors (Lipinski definition) is 1. The maximum atomic E-state index is 12.4. The number of para-hydroxylation sites is 1. The van der Waals surface area contributed by atoms with E-state index in [1.807, 2.05) is 35.2 Å². The highest BCUT2D eigenvalue weighted by Crippen LogP contribution is 2.19. The minimum absolute atomic E-state index is 0.00704. The van der Waals surface area contributed by atoms with Gasteiger partial charge < -0.3 is 14.9 Å². The van der Waals surface area contributed by atoms with Gasteiger partial charge in [0, 0.05) is 18.8 Å². The van der Waals surface area contributed by atoms with Crippen molar-refractivity contribution in [1.29, 1.82) is 0 Å². The Kier molecular flexibility index (Phi) is 4.61. The molecule has 1 atom stereocenters. The third-order valence-electron chi connectivity index (χ3n) is 3.64. The fourth-order valence-corrected chi connectivity index (χ4v) is 2.55. The number of likely N-dealkylation sites (tertiary alicyclic amines) is 1. The Morgan fingerprint density at radius 2 is 1.85 bits per heavy atom. The fraction of sp³-hybridized carbons (Fsp3) is 0.467. The first kappa shape index (κ1) is 14.4. The molecule has 1 unspecified atom stereocenters. The summed E-state index contributed by atoms with van der Waals surface area (Å²) in [5, 5.41) is 9.07. The molecule has 108 valence electrons. The first-order valence-electron chi connectivity index (χ1n) is 6.92. The van der Waals surface area contributed by atoms with E-state index >= 15 is 0 Å². The molecule has 0 bridgehead atoms. The van der Waals surface area contributed by atoms with Crippen LogP contribution in [-0.4, -0.2) is 47.6 Å².